The van der Waals surface area contributed by atoms with E-state index in [9.17, 15) is 9.59 Å². The molecule has 0 spiro atoms. The smallest absolute Gasteiger partial charge is 0.253 e. The van der Waals surface area contributed by atoms with E-state index < -0.39 is 0 Å². The van der Waals surface area contributed by atoms with Crippen molar-refractivity contribution in [1.29, 1.82) is 0 Å². The molecule has 2 atom stereocenters. The van der Waals surface area contributed by atoms with Crippen LogP contribution in [-0.4, -0.2) is 48.4 Å². The SMILES string of the molecule is CN(C(=O)c1ccc(C(=O)NCC(C)(C)C)cc1)C1CC2CCC(C1)N2. The summed E-state index contributed by atoms with van der Waals surface area (Å²) in [7, 11) is 1.90. The molecule has 5 heteroatoms. The number of fused-ring (bicyclic) bond motifs is 2. The number of amides is 2. The summed E-state index contributed by atoms with van der Waals surface area (Å²) >= 11 is 0. The van der Waals surface area contributed by atoms with Crippen molar-refractivity contribution in [3.8, 4) is 0 Å². The molecule has 0 aliphatic carbocycles. The number of carbonyl (C=O) groups excluding carboxylic acids is 2. The predicted molar refractivity (Wildman–Crippen MR) is 103 cm³/mol. The highest BCUT2D eigenvalue weighted by Gasteiger charge is 2.36. The molecule has 2 unspecified atom stereocenters. The van der Waals surface area contributed by atoms with Gasteiger partial charge in [0.25, 0.3) is 11.8 Å². The monoisotopic (exact) mass is 357 g/mol. The van der Waals surface area contributed by atoms with Gasteiger partial charge in [-0.15, -0.1) is 0 Å². The first-order valence-corrected chi connectivity index (χ1v) is 9.64. The zero-order valence-electron chi connectivity index (χ0n) is 16.3. The standard InChI is InChI=1S/C21H31N3O2/c1-21(2,3)13-22-19(25)14-5-7-15(8-6-14)20(26)24(4)18-11-16-9-10-17(12-18)23-16/h5-8,16-18,23H,9-13H2,1-4H3,(H,22,25). The summed E-state index contributed by atoms with van der Waals surface area (Å²) in [6, 6.07) is 8.43. The highest BCUT2D eigenvalue weighted by molar-refractivity contribution is 5.97. The summed E-state index contributed by atoms with van der Waals surface area (Å²) < 4.78 is 0. The molecule has 0 saturated carbocycles. The van der Waals surface area contributed by atoms with E-state index in [2.05, 4.69) is 31.4 Å². The Labute approximate surface area is 156 Å². The Bertz CT molecular complexity index is 651. The van der Waals surface area contributed by atoms with Crippen molar-refractivity contribution >= 4 is 11.8 Å². The van der Waals surface area contributed by atoms with Gasteiger partial charge >= 0.3 is 0 Å². The highest BCUT2D eigenvalue weighted by Crippen LogP contribution is 2.29. The molecule has 1 aromatic rings. The second-order valence-electron chi connectivity index (χ2n) is 9.00. The van der Waals surface area contributed by atoms with Crippen LogP contribution in [0.3, 0.4) is 0 Å². The van der Waals surface area contributed by atoms with Crippen molar-refractivity contribution in [2.75, 3.05) is 13.6 Å². The van der Waals surface area contributed by atoms with Crippen molar-refractivity contribution in [3.63, 3.8) is 0 Å². The number of nitrogens with zero attached hydrogens (tertiary/aromatic N) is 1. The Balaban J connectivity index is 1.60. The first-order chi connectivity index (χ1) is 12.2. The molecule has 0 aromatic heterocycles. The van der Waals surface area contributed by atoms with Crippen LogP contribution in [0.4, 0.5) is 0 Å². The van der Waals surface area contributed by atoms with E-state index in [0.29, 0.717) is 35.8 Å². The fourth-order valence-corrected chi connectivity index (χ4v) is 3.92. The van der Waals surface area contributed by atoms with Crippen LogP contribution in [0, 0.1) is 5.41 Å². The minimum atomic E-state index is -0.0952. The lowest BCUT2D eigenvalue weighted by molar-refractivity contribution is 0.0681. The van der Waals surface area contributed by atoms with Gasteiger partial charge in [0, 0.05) is 42.8 Å². The van der Waals surface area contributed by atoms with E-state index in [1.165, 1.54) is 12.8 Å². The van der Waals surface area contributed by atoms with Gasteiger partial charge in [-0.1, -0.05) is 20.8 Å². The fraction of sp³-hybridized carbons (Fsp3) is 0.619. The molecule has 2 aliphatic heterocycles. The molecule has 5 nitrogen and oxygen atoms in total. The van der Waals surface area contributed by atoms with Crippen LogP contribution in [0.15, 0.2) is 24.3 Å². The lowest BCUT2D eigenvalue weighted by Crippen LogP contribution is -2.48. The van der Waals surface area contributed by atoms with Gasteiger partial charge in [-0.3, -0.25) is 9.59 Å². The largest absolute Gasteiger partial charge is 0.352 e. The van der Waals surface area contributed by atoms with E-state index in [1.807, 2.05) is 11.9 Å². The molecular formula is C21H31N3O2. The van der Waals surface area contributed by atoms with Crippen molar-refractivity contribution < 1.29 is 9.59 Å². The lowest BCUT2D eigenvalue weighted by Gasteiger charge is -2.35. The third kappa shape index (κ3) is 4.44. The van der Waals surface area contributed by atoms with Crippen molar-refractivity contribution in [1.82, 2.24) is 15.5 Å². The van der Waals surface area contributed by atoms with E-state index in [-0.39, 0.29) is 17.2 Å². The number of hydrogen-bond acceptors (Lipinski definition) is 3. The van der Waals surface area contributed by atoms with Crippen molar-refractivity contribution in [2.24, 2.45) is 5.41 Å². The quantitative estimate of drug-likeness (QED) is 0.871. The van der Waals surface area contributed by atoms with Crippen molar-refractivity contribution in [3.05, 3.63) is 35.4 Å². The average molecular weight is 357 g/mol. The first kappa shape index (κ1) is 18.9. The molecule has 2 amide bonds. The minimum absolute atomic E-state index is 0.0398. The van der Waals surface area contributed by atoms with Crippen LogP contribution >= 0.6 is 0 Å². The molecule has 2 aliphatic rings. The molecule has 2 bridgehead atoms. The molecule has 0 radical (unpaired) electrons. The number of benzene rings is 1. The second-order valence-corrected chi connectivity index (χ2v) is 9.00. The summed E-state index contributed by atoms with van der Waals surface area (Å²) in [5.74, 6) is -0.0554. The number of hydrogen-bond donors (Lipinski definition) is 2. The molecule has 3 rings (SSSR count). The Kier molecular flexibility index (Phi) is 5.37. The van der Waals surface area contributed by atoms with Gasteiger partial charge in [0.1, 0.15) is 0 Å². The number of piperidine rings is 1. The van der Waals surface area contributed by atoms with Gasteiger partial charge in [0.2, 0.25) is 0 Å². The normalized spacial score (nSPS) is 25.0. The molecule has 142 valence electrons. The molecule has 26 heavy (non-hydrogen) atoms. The molecule has 2 heterocycles. The zero-order chi connectivity index (χ0) is 18.9. The fourth-order valence-electron chi connectivity index (χ4n) is 3.92. The number of nitrogens with one attached hydrogen (secondary N) is 2. The minimum Gasteiger partial charge on any atom is -0.352 e. The number of rotatable bonds is 4. The van der Waals surface area contributed by atoms with Gasteiger partial charge in [-0.25, -0.2) is 0 Å². The summed E-state index contributed by atoms with van der Waals surface area (Å²) in [6.45, 7) is 6.86. The lowest BCUT2D eigenvalue weighted by atomic mass is 9.97. The third-order valence-corrected chi connectivity index (χ3v) is 5.49. The molecular weight excluding hydrogens is 326 g/mol. The van der Waals surface area contributed by atoms with Gasteiger partial charge in [0.15, 0.2) is 0 Å². The molecule has 2 saturated heterocycles. The third-order valence-electron chi connectivity index (χ3n) is 5.49. The Morgan fingerprint density at radius 1 is 1.08 bits per heavy atom. The van der Waals surface area contributed by atoms with E-state index >= 15 is 0 Å². The highest BCUT2D eigenvalue weighted by atomic mass is 16.2. The Morgan fingerprint density at radius 2 is 1.62 bits per heavy atom. The van der Waals surface area contributed by atoms with E-state index in [4.69, 9.17) is 0 Å². The van der Waals surface area contributed by atoms with E-state index in [1.54, 1.807) is 24.3 Å². The second kappa shape index (κ2) is 7.39. The number of carbonyl (C=O) groups is 2. The molecule has 2 N–H and O–H groups in total. The summed E-state index contributed by atoms with van der Waals surface area (Å²) in [6.07, 6.45) is 4.52. The first-order valence-electron chi connectivity index (χ1n) is 9.64. The van der Waals surface area contributed by atoms with E-state index in [0.717, 1.165) is 12.8 Å². The molecule has 1 aromatic carbocycles. The van der Waals surface area contributed by atoms with Gasteiger partial charge < -0.3 is 15.5 Å². The summed E-state index contributed by atoms with van der Waals surface area (Å²) in [4.78, 5) is 26.9. The van der Waals surface area contributed by atoms with Crippen LogP contribution < -0.4 is 10.6 Å². The van der Waals surface area contributed by atoms with Gasteiger partial charge in [-0.2, -0.15) is 0 Å². The summed E-state index contributed by atoms with van der Waals surface area (Å²) in [5, 5.41) is 6.55. The molecule has 2 fully saturated rings. The van der Waals surface area contributed by atoms with Crippen LogP contribution in [0.1, 0.15) is 67.2 Å². The maximum atomic E-state index is 12.8. The van der Waals surface area contributed by atoms with Crippen molar-refractivity contribution in [2.45, 2.75) is 64.6 Å². The summed E-state index contributed by atoms with van der Waals surface area (Å²) in [5.41, 5.74) is 1.28. The Morgan fingerprint density at radius 3 is 2.15 bits per heavy atom. The van der Waals surface area contributed by atoms with Crippen LogP contribution in [0.2, 0.25) is 0 Å². The topological polar surface area (TPSA) is 61.4 Å². The maximum Gasteiger partial charge on any atom is 0.253 e. The zero-order valence-corrected chi connectivity index (χ0v) is 16.3. The van der Waals surface area contributed by atoms with Crippen LogP contribution in [0.5, 0.6) is 0 Å². The van der Waals surface area contributed by atoms with Gasteiger partial charge in [0.05, 0.1) is 0 Å². The van der Waals surface area contributed by atoms with Crippen LogP contribution in [0.25, 0.3) is 0 Å². The van der Waals surface area contributed by atoms with Crippen LogP contribution in [-0.2, 0) is 0 Å². The maximum absolute atomic E-state index is 12.8. The predicted octanol–water partition coefficient (Wildman–Crippen LogP) is 2.82. The average Bonchev–Trinajstić information content (AvgIpc) is 2.95. The Hall–Kier alpha value is -1.88. The van der Waals surface area contributed by atoms with Gasteiger partial charge in [-0.05, 0) is 55.4 Å².